The Kier molecular flexibility index (Phi) is 4.33. The Morgan fingerprint density at radius 3 is 2.50 bits per heavy atom. The number of para-hydroxylation sites is 2. The van der Waals surface area contributed by atoms with E-state index in [1.165, 1.54) is 0 Å². The van der Waals surface area contributed by atoms with Gasteiger partial charge >= 0.3 is 0 Å². The summed E-state index contributed by atoms with van der Waals surface area (Å²) in [5, 5.41) is 7.16. The molecule has 0 saturated heterocycles. The van der Waals surface area contributed by atoms with Gasteiger partial charge in [-0.25, -0.2) is 14.6 Å². The van der Waals surface area contributed by atoms with Crippen molar-refractivity contribution in [1.29, 1.82) is 0 Å². The van der Waals surface area contributed by atoms with Gasteiger partial charge in [-0.2, -0.15) is 5.10 Å². The number of nitrogens with zero attached hydrogens (tertiary/aromatic N) is 5. The molecule has 5 rings (SSSR count). The van der Waals surface area contributed by atoms with E-state index in [4.69, 9.17) is 0 Å². The van der Waals surface area contributed by atoms with Crippen LogP contribution in [-0.4, -0.2) is 30.2 Å². The van der Waals surface area contributed by atoms with Crippen LogP contribution in [0.3, 0.4) is 0 Å². The van der Waals surface area contributed by atoms with E-state index in [2.05, 4.69) is 20.4 Å². The van der Waals surface area contributed by atoms with Crippen molar-refractivity contribution in [2.45, 2.75) is 6.92 Å². The first kappa shape index (κ1) is 17.8. The molecule has 3 aromatic heterocycles. The quantitative estimate of drug-likeness (QED) is 0.496. The fourth-order valence-corrected chi connectivity index (χ4v) is 3.34. The van der Waals surface area contributed by atoms with Crippen molar-refractivity contribution in [3.63, 3.8) is 0 Å². The summed E-state index contributed by atoms with van der Waals surface area (Å²) in [5.74, 6) is 0.544. The maximum atomic E-state index is 12.6. The summed E-state index contributed by atoms with van der Waals surface area (Å²) in [6, 6.07) is 20.8. The van der Waals surface area contributed by atoms with Crippen molar-refractivity contribution in [3.8, 4) is 11.5 Å². The van der Waals surface area contributed by atoms with Gasteiger partial charge in [0.2, 0.25) is 0 Å². The van der Waals surface area contributed by atoms with Gasteiger partial charge in [-0.15, -0.1) is 0 Å². The highest BCUT2D eigenvalue weighted by Gasteiger charge is 2.09. The van der Waals surface area contributed by atoms with Crippen LogP contribution < -0.4 is 5.32 Å². The van der Waals surface area contributed by atoms with E-state index in [0.29, 0.717) is 11.3 Å². The standard InChI is InChI=1S/C23H18N6O/c1-16-12-13-26-29(16)19-9-6-17(7-10-19)23(30)27-18-8-11-22(24-14-18)28-15-25-20-4-2-3-5-21(20)28/h2-15H,1H3,(H,27,30). The molecule has 7 nitrogen and oxygen atoms in total. The number of hydrogen-bond donors (Lipinski definition) is 1. The number of carbonyl (C=O) groups excluding carboxylic acids is 1. The van der Waals surface area contributed by atoms with E-state index < -0.39 is 0 Å². The normalized spacial score (nSPS) is 11.0. The van der Waals surface area contributed by atoms with E-state index in [1.54, 1.807) is 30.9 Å². The first-order valence-electron chi connectivity index (χ1n) is 9.50. The second-order valence-corrected chi connectivity index (χ2v) is 6.89. The van der Waals surface area contributed by atoms with Crippen LogP contribution in [0.15, 0.2) is 85.5 Å². The molecule has 1 N–H and O–H groups in total. The van der Waals surface area contributed by atoms with E-state index in [-0.39, 0.29) is 5.91 Å². The molecule has 7 heteroatoms. The van der Waals surface area contributed by atoms with Crippen molar-refractivity contribution in [1.82, 2.24) is 24.3 Å². The fraction of sp³-hybridized carbons (Fsp3) is 0.0435. The Morgan fingerprint density at radius 1 is 0.933 bits per heavy atom. The lowest BCUT2D eigenvalue weighted by Crippen LogP contribution is -2.12. The molecule has 2 aromatic carbocycles. The van der Waals surface area contributed by atoms with E-state index >= 15 is 0 Å². The summed E-state index contributed by atoms with van der Waals surface area (Å²) >= 11 is 0. The van der Waals surface area contributed by atoms with E-state index in [9.17, 15) is 4.79 Å². The SMILES string of the molecule is Cc1ccnn1-c1ccc(C(=O)Nc2ccc(-n3cnc4ccccc43)nc2)cc1. The zero-order valence-electron chi connectivity index (χ0n) is 16.2. The zero-order chi connectivity index (χ0) is 20.5. The van der Waals surface area contributed by atoms with Gasteiger partial charge in [0.1, 0.15) is 12.1 Å². The number of anilines is 1. The van der Waals surface area contributed by atoms with Gasteiger partial charge in [0.25, 0.3) is 5.91 Å². The number of aromatic nitrogens is 5. The average molecular weight is 394 g/mol. The number of benzene rings is 2. The van der Waals surface area contributed by atoms with E-state index in [0.717, 1.165) is 28.2 Å². The molecule has 0 fully saturated rings. The molecule has 30 heavy (non-hydrogen) atoms. The number of pyridine rings is 1. The van der Waals surface area contributed by atoms with Gasteiger partial charge in [-0.1, -0.05) is 12.1 Å². The molecule has 0 saturated carbocycles. The molecule has 0 spiro atoms. The van der Waals surface area contributed by atoms with Crippen LogP contribution in [0.4, 0.5) is 5.69 Å². The molecule has 0 radical (unpaired) electrons. The topological polar surface area (TPSA) is 77.6 Å². The van der Waals surface area contributed by atoms with Crippen LogP contribution in [0.1, 0.15) is 16.1 Å². The summed E-state index contributed by atoms with van der Waals surface area (Å²) < 4.78 is 3.74. The minimum atomic E-state index is -0.193. The number of aryl methyl sites for hydroxylation is 1. The van der Waals surface area contributed by atoms with Crippen molar-refractivity contribution >= 4 is 22.6 Å². The number of amides is 1. The number of fused-ring (bicyclic) bond motifs is 1. The van der Waals surface area contributed by atoms with Crippen LogP contribution in [0, 0.1) is 6.92 Å². The second kappa shape index (κ2) is 7.29. The smallest absolute Gasteiger partial charge is 0.255 e. The first-order valence-corrected chi connectivity index (χ1v) is 9.50. The molecule has 5 aromatic rings. The number of nitrogens with one attached hydrogen (secondary N) is 1. The minimum absolute atomic E-state index is 0.193. The van der Waals surface area contributed by atoms with Gasteiger partial charge < -0.3 is 5.32 Å². The number of rotatable bonds is 4. The third-order valence-electron chi connectivity index (χ3n) is 4.91. The Hall–Kier alpha value is -4.26. The summed E-state index contributed by atoms with van der Waals surface area (Å²) in [7, 11) is 0. The van der Waals surface area contributed by atoms with Gasteiger partial charge in [0, 0.05) is 17.5 Å². The van der Waals surface area contributed by atoms with Crippen LogP contribution in [0.5, 0.6) is 0 Å². The average Bonchev–Trinajstić information content (AvgIpc) is 3.41. The molecule has 0 aliphatic heterocycles. The highest BCUT2D eigenvalue weighted by atomic mass is 16.1. The van der Waals surface area contributed by atoms with Gasteiger partial charge in [0.15, 0.2) is 0 Å². The second-order valence-electron chi connectivity index (χ2n) is 6.89. The van der Waals surface area contributed by atoms with Gasteiger partial charge in [-0.3, -0.25) is 9.36 Å². The molecule has 0 bridgehead atoms. The van der Waals surface area contributed by atoms with Crippen LogP contribution >= 0.6 is 0 Å². The molecule has 0 aliphatic carbocycles. The Labute approximate surface area is 172 Å². The molecule has 146 valence electrons. The minimum Gasteiger partial charge on any atom is -0.321 e. The predicted molar refractivity (Wildman–Crippen MR) is 115 cm³/mol. The Morgan fingerprint density at radius 2 is 1.77 bits per heavy atom. The largest absolute Gasteiger partial charge is 0.321 e. The number of hydrogen-bond acceptors (Lipinski definition) is 4. The fourth-order valence-electron chi connectivity index (χ4n) is 3.34. The van der Waals surface area contributed by atoms with Crippen LogP contribution in [-0.2, 0) is 0 Å². The molecule has 1 amide bonds. The van der Waals surface area contributed by atoms with Crippen LogP contribution in [0.25, 0.3) is 22.5 Å². The maximum Gasteiger partial charge on any atom is 0.255 e. The molecule has 0 unspecified atom stereocenters. The third kappa shape index (κ3) is 3.22. The molecule has 3 heterocycles. The Balaban J connectivity index is 1.32. The monoisotopic (exact) mass is 394 g/mol. The lowest BCUT2D eigenvalue weighted by molar-refractivity contribution is 0.102. The van der Waals surface area contributed by atoms with Crippen molar-refractivity contribution < 1.29 is 4.79 Å². The van der Waals surface area contributed by atoms with Crippen LogP contribution in [0.2, 0.25) is 0 Å². The van der Waals surface area contributed by atoms with Gasteiger partial charge in [0.05, 0.1) is 28.6 Å². The summed E-state index contributed by atoms with van der Waals surface area (Å²) in [4.78, 5) is 21.4. The molecular formula is C23H18N6O. The summed E-state index contributed by atoms with van der Waals surface area (Å²) in [6.45, 7) is 1.98. The van der Waals surface area contributed by atoms with Gasteiger partial charge in [-0.05, 0) is 61.5 Å². The van der Waals surface area contributed by atoms with Crippen molar-refractivity contribution in [2.75, 3.05) is 5.32 Å². The molecule has 0 atom stereocenters. The molecular weight excluding hydrogens is 376 g/mol. The third-order valence-corrected chi connectivity index (χ3v) is 4.91. The summed E-state index contributed by atoms with van der Waals surface area (Å²) in [5.41, 5.74) is 5.02. The Bertz CT molecular complexity index is 1330. The predicted octanol–water partition coefficient (Wildman–Crippen LogP) is 4.17. The van der Waals surface area contributed by atoms with Crippen molar-refractivity contribution in [3.05, 3.63) is 96.7 Å². The van der Waals surface area contributed by atoms with Crippen molar-refractivity contribution in [2.24, 2.45) is 0 Å². The highest BCUT2D eigenvalue weighted by Crippen LogP contribution is 2.18. The lowest BCUT2D eigenvalue weighted by atomic mass is 10.2. The lowest BCUT2D eigenvalue weighted by Gasteiger charge is -2.08. The molecule has 0 aliphatic rings. The summed E-state index contributed by atoms with van der Waals surface area (Å²) in [6.07, 6.45) is 5.14. The number of imidazole rings is 1. The van der Waals surface area contributed by atoms with E-state index in [1.807, 2.05) is 70.8 Å². The number of carbonyl (C=O) groups is 1. The zero-order valence-corrected chi connectivity index (χ0v) is 16.2. The highest BCUT2D eigenvalue weighted by molar-refractivity contribution is 6.04. The first-order chi connectivity index (χ1) is 14.7. The maximum absolute atomic E-state index is 12.6.